The van der Waals surface area contributed by atoms with Gasteiger partial charge in [0.25, 0.3) is 0 Å². The highest BCUT2D eigenvalue weighted by molar-refractivity contribution is 5.68. The zero-order chi connectivity index (χ0) is 16.3. The lowest BCUT2D eigenvalue weighted by atomic mass is 10.2. The lowest BCUT2D eigenvalue weighted by Crippen LogP contribution is -2.50. The molecule has 2 rings (SSSR count). The molecule has 0 saturated carbocycles. The first-order chi connectivity index (χ1) is 10.3. The highest BCUT2D eigenvalue weighted by atomic mass is 16.6. The van der Waals surface area contributed by atoms with E-state index in [4.69, 9.17) is 4.74 Å². The van der Waals surface area contributed by atoms with Crippen molar-refractivity contribution in [2.24, 2.45) is 0 Å². The van der Waals surface area contributed by atoms with Crippen molar-refractivity contribution in [3.8, 4) is 0 Å². The third kappa shape index (κ3) is 4.22. The summed E-state index contributed by atoms with van der Waals surface area (Å²) in [5.74, 6) is 1.58. The summed E-state index contributed by atoms with van der Waals surface area (Å²) in [4.78, 5) is 26.6. The van der Waals surface area contributed by atoms with E-state index in [-0.39, 0.29) is 6.09 Å². The maximum absolute atomic E-state index is 12.1. The Bertz CT molecular complexity index is 519. The van der Waals surface area contributed by atoms with E-state index < -0.39 is 5.60 Å². The summed E-state index contributed by atoms with van der Waals surface area (Å²) < 4.78 is 5.40. The number of rotatable bonds is 2. The first kappa shape index (κ1) is 16.3. The standard InChI is InChI=1S/C15H25N5O2/c1-15(2,3)22-14(21)20-10-8-19(9-11-20)12-6-7-16-13(17-12)18(4)5/h6-7H,8-11H2,1-5H3. The molecule has 7 heteroatoms. The monoisotopic (exact) mass is 307 g/mol. The van der Waals surface area contributed by atoms with Crippen molar-refractivity contribution in [3.63, 3.8) is 0 Å². The number of piperazine rings is 1. The van der Waals surface area contributed by atoms with Gasteiger partial charge in [-0.1, -0.05) is 0 Å². The third-order valence-electron chi connectivity index (χ3n) is 3.28. The fourth-order valence-corrected chi connectivity index (χ4v) is 2.18. The van der Waals surface area contributed by atoms with E-state index in [1.807, 2.05) is 45.8 Å². The fraction of sp³-hybridized carbons (Fsp3) is 0.667. The van der Waals surface area contributed by atoms with Crippen LogP contribution in [0.3, 0.4) is 0 Å². The molecular formula is C15H25N5O2. The van der Waals surface area contributed by atoms with E-state index >= 15 is 0 Å². The Morgan fingerprint density at radius 3 is 2.41 bits per heavy atom. The van der Waals surface area contributed by atoms with Gasteiger partial charge in [0, 0.05) is 46.5 Å². The van der Waals surface area contributed by atoms with Gasteiger partial charge in [0.05, 0.1) is 0 Å². The first-order valence-corrected chi connectivity index (χ1v) is 7.49. The van der Waals surface area contributed by atoms with E-state index in [2.05, 4.69) is 14.9 Å². The van der Waals surface area contributed by atoms with Crippen molar-refractivity contribution < 1.29 is 9.53 Å². The number of nitrogens with zero attached hydrogens (tertiary/aromatic N) is 5. The van der Waals surface area contributed by atoms with Crippen LogP contribution in [-0.2, 0) is 4.74 Å². The molecule has 0 unspecified atom stereocenters. The molecule has 1 saturated heterocycles. The van der Waals surface area contributed by atoms with Gasteiger partial charge in [0.15, 0.2) is 0 Å². The average Bonchev–Trinajstić information content (AvgIpc) is 2.46. The Morgan fingerprint density at radius 1 is 1.23 bits per heavy atom. The number of carbonyl (C=O) groups excluding carboxylic acids is 1. The summed E-state index contributed by atoms with van der Waals surface area (Å²) in [6.45, 7) is 8.39. The summed E-state index contributed by atoms with van der Waals surface area (Å²) in [5, 5.41) is 0. The largest absolute Gasteiger partial charge is 0.444 e. The topological polar surface area (TPSA) is 61.8 Å². The highest BCUT2D eigenvalue weighted by Gasteiger charge is 2.26. The second-order valence-electron chi connectivity index (χ2n) is 6.56. The van der Waals surface area contributed by atoms with E-state index in [1.54, 1.807) is 11.1 Å². The first-order valence-electron chi connectivity index (χ1n) is 7.49. The normalized spacial score (nSPS) is 15.7. The molecule has 1 aliphatic heterocycles. The molecule has 0 aliphatic carbocycles. The highest BCUT2D eigenvalue weighted by Crippen LogP contribution is 2.17. The van der Waals surface area contributed by atoms with Crippen LogP contribution in [0.5, 0.6) is 0 Å². The summed E-state index contributed by atoms with van der Waals surface area (Å²) in [6, 6.07) is 1.90. The van der Waals surface area contributed by atoms with Gasteiger partial charge in [0.1, 0.15) is 11.4 Å². The molecule has 0 atom stereocenters. The van der Waals surface area contributed by atoms with Crippen LogP contribution in [0.1, 0.15) is 20.8 Å². The maximum Gasteiger partial charge on any atom is 0.410 e. The number of hydrogen-bond donors (Lipinski definition) is 0. The Morgan fingerprint density at radius 2 is 1.86 bits per heavy atom. The lowest BCUT2D eigenvalue weighted by molar-refractivity contribution is 0.0240. The Hall–Kier alpha value is -2.05. The van der Waals surface area contributed by atoms with Crippen LogP contribution in [0, 0.1) is 0 Å². The molecule has 1 aliphatic rings. The summed E-state index contributed by atoms with van der Waals surface area (Å²) in [7, 11) is 3.83. The van der Waals surface area contributed by atoms with Gasteiger partial charge in [-0.25, -0.2) is 9.78 Å². The van der Waals surface area contributed by atoms with Crippen molar-refractivity contribution in [2.45, 2.75) is 26.4 Å². The van der Waals surface area contributed by atoms with Crippen LogP contribution in [0.2, 0.25) is 0 Å². The second kappa shape index (κ2) is 6.37. The maximum atomic E-state index is 12.1. The molecule has 122 valence electrons. The Balaban J connectivity index is 1.95. The molecular weight excluding hydrogens is 282 g/mol. The van der Waals surface area contributed by atoms with Crippen LogP contribution in [0.25, 0.3) is 0 Å². The Labute approximate surface area is 131 Å². The van der Waals surface area contributed by atoms with Crippen molar-refractivity contribution >= 4 is 17.9 Å². The van der Waals surface area contributed by atoms with Crippen molar-refractivity contribution in [2.75, 3.05) is 50.1 Å². The van der Waals surface area contributed by atoms with Gasteiger partial charge in [-0.05, 0) is 26.8 Å². The minimum atomic E-state index is -0.457. The molecule has 22 heavy (non-hydrogen) atoms. The summed E-state index contributed by atoms with van der Waals surface area (Å²) >= 11 is 0. The van der Waals surface area contributed by atoms with Gasteiger partial charge in [-0.2, -0.15) is 4.98 Å². The predicted octanol–water partition coefficient (Wildman–Crippen LogP) is 1.60. The molecule has 0 N–H and O–H groups in total. The quantitative estimate of drug-likeness (QED) is 0.827. The number of hydrogen-bond acceptors (Lipinski definition) is 6. The minimum Gasteiger partial charge on any atom is -0.444 e. The number of amides is 1. The van der Waals surface area contributed by atoms with Gasteiger partial charge >= 0.3 is 6.09 Å². The number of carbonyl (C=O) groups is 1. The van der Waals surface area contributed by atoms with Gasteiger partial charge in [-0.15, -0.1) is 0 Å². The second-order valence-corrected chi connectivity index (χ2v) is 6.56. The molecule has 1 aromatic rings. The van der Waals surface area contributed by atoms with E-state index in [9.17, 15) is 4.79 Å². The lowest BCUT2D eigenvalue weighted by Gasteiger charge is -2.36. The SMILES string of the molecule is CN(C)c1nccc(N2CCN(C(=O)OC(C)(C)C)CC2)n1. The predicted molar refractivity (Wildman–Crippen MR) is 86.4 cm³/mol. The van der Waals surface area contributed by atoms with Crippen molar-refractivity contribution in [1.82, 2.24) is 14.9 Å². The number of ether oxygens (including phenoxy) is 1. The van der Waals surface area contributed by atoms with E-state index in [0.29, 0.717) is 19.0 Å². The van der Waals surface area contributed by atoms with Crippen LogP contribution >= 0.6 is 0 Å². The van der Waals surface area contributed by atoms with Crippen molar-refractivity contribution in [1.29, 1.82) is 0 Å². The van der Waals surface area contributed by atoms with Crippen LogP contribution in [-0.4, -0.2) is 66.8 Å². The molecule has 1 amide bonds. The molecule has 7 nitrogen and oxygen atoms in total. The number of anilines is 2. The summed E-state index contributed by atoms with van der Waals surface area (Å²) in [5.41, 5.74) is -0.457. The van der Waals surface area contributed by atoms with Gasteiger partial charge in [0.2, 0.25) is 5.95 Å². The minimum absolute atomic E-state index is 0.246. The van der Waals surface area contributed by atoms with E-state index in [0.717, 1.165) is 18.9 Å². The van der Waals surface area contributed by atoms with E-state index in [1.165, 1.54) is 0 Å². The zero-order valence-corrected chi connectivity index (χ0v) is 14.0. The molecule has 0 radical (unpaired) electrons. The zero-order valence-electron chi connectivity index (χ0n) is 14.0. The fourth-order valence-electron chi connectivity index (χ4n) is 2.18. The molecule has 0 bridgehead atoms. The molecule has 0 spiro atoms. The van der Waals surface area contributed by atoms with Crippen LogP contribution in [0.15, 0.2) is 12.3 Å². The van der Waals surface area contributed by atoms with Gasteiger partial charge in [-0.3, -0.25) is 0 Å². The van der Waals surface area contributed by atoms with Crippen molar-refractivity contribution in [3.05, 3.63) is 12.3 Å². The smallest absolute Gasteiger partial charge is 0.410 e. The Kier molecular flexibility index (Phi) is 4.73. The van der Waals surface area contributed by atoms with Crippen LogP contribution in [0.4, 0.5) is 16.6 Å². The van der Waals surface area contributed by atoms with Gasteiger partial charge < -0.3 is 19.4 Å². The molecule has 1 fully saturated rings. The summed E-state index contributed by atoms with van der Waals surface area (Å²) in [6.07, 6.45) is 1.52. The third-order valence-corrected chi connectivity index (χ3v) is 3.28. The van der Waals surface area contributed by atoms with Crippen LogP contribution < -0.4 is 9.80 Å². The molecule has 1 aromatic heterocycles. The molecule has 0 aromatic carbocycles. The number of aromatic nitrogens is 2. The molecule has 2 heterocycles. The average molecular weight is 307 g/mol.